The zero-order valence-electron chi connectivity index (χ0n) is 13.3. The summed E-state index contributed by atoms with van der Waals surface area (Å²) in [4.78, 5) is 26.3. The molecule has 1 amide bonds. The first-order chi connectivity index (χ1) is 11.1. The Morgan fingerprint density at radius 2 is 2.09 bits per heavy atom. The summed E-state index contributed by atoms with van der Waals surface area (Å²) < 4.78 is 4.88. The minimum absolute atomic E-state index is 0.00632. The molecule has 2 aromatic rings. The summed E-state index contributed by atoms with van der Waals surface area (Å²) in [6.07, 6.45) is 2.78. The van der Waals surface area contributed by atoms with E-state index >= 15 is 0 Å². The number of carbonyl (C=O) groups is 2. The molecule has 0 radical (unpaired) electrons. The van der Waals surface area contributed by atoms with E-state index in [9.17, 15) is 9.59 Å². The van der Waals surface area contributed by atoms with Crippen molar-refractivity contribution in [1.82, 2.24) is 0 Å². The Hall–Kier alpha value is -1.79. The summed E-state index contributed by atoms with van der Waals surface area (Å²) in [5.41, 5.74) is 1.44. The second kappa shape index (κ2) is 8.17. The van der Waals surface area contributed by atoms with Gasteiger partial charge in [-0.25, -0.2) is 4.79 Å². The van der Waals surface area contributed by atoms with Gasteiger partial charge in [-0.2, -0.15) is 11.8 Å². The maximum absolute atomic E-state index is 12.1. The second-order valence-electron chi connectivity index (χ2n) is 5.00. The van der Waals surface area contributed by atoms with E-state index in [1.165, 1.54) is 18.4 Å². The highest BCUT2D eigenvalue weighted by molar-refractivity contribution is 7.98. The van der Waals surface area contributed by atoms with Crippen molar-refractivity contribution in [3.05, 3.63) is 42.0 Å². The first-order valence-corrected chi connectivity index (χ1v) is 9.33. The molecule has 0 saturated carbocycles. The number of hydrogen-bond donors (Lipinski definition) is 0. The first kappa shape index (κ1) is 17.6. The van der Waals surface area contributed by atoms with Crippen molar-refractivity contribution in [3.63, 3.8) is 0 Å². The molecule has 4 nitrogen and oxygen atoms in total. The summed E-state index contributed by atoms with van der Waals surface area (Å²) >= 11 is 3.09. The molecule has 1 aromatic heterocycles. The molecular weight excluding hydrogens is 330 g/mol. The summed E-state index contributed by atoms with van der Waals surface area (Å²) in [7, 11) is 1.35. The van der Waals surface area contributed by atoms with Gasteiger partial charge in [-0.05, 0) is 24.8 Å². The van der Waals surface area contributed by atoms with Crippen LogP contribution in [0.5, 0.6) is 0 Å². The smallest absolute Gasteiger partial charge is 0.340 e. The Morgan fingerprint density at radius 1 is 1.39 bits per heavy atom. The number of nitrogens with zero attached hydrogens (tertiary/aromatic N) is 1. The van der Waals surface area contributed by atoms with E-state index in [0.717, 1.165) is 22.6 Å². The van der Waals surface area contributed by atoms with Crippen LogP contribution in [0.3, 0.4) is 0 Å². The number of amides is 1. The minimum atomic E-state index is -0.429. The van der Waals surface area contributed by atoms with Gasteiger partial charge in [-0.1, -0.05) is 30.3 Å². The average Bonchev–Trinajstić information content (AvgIpc) is 3.01. The Morgan fingerprint density at radius 3 is 2.65 bits per heavy atom. The Bertz CT molecular complexity index is 670. The lowest BCUT2D eigenvalue weighted by molar-refractivity contribution is -0.107. The van der Waals surface area contributed by atoms with Crippen LogP contribution in [0.25, 0.3) is 10.4 Å². The number of hydrogen-bond acceptors (Lipinski definition) is 5. The number of ether oxygens (including phenoxy) is 1. The zero-order chi connectivity index (χ0) is 16.8. The number of carbonyl (C=O) groups excluding carboxylic acids is 2. The van der Waals surface area contributed by atoms with Gasteiger partial charge in [-0.15, -0.1) is 11.3 Å². The fourth-order valence-electron chi connectivity index (χ4n) is 2.25. The number of rotatable bonds is 7. The molecule has 1 aromatic carbocycles. The fourth-order valence-corrected chi connectivity index (χ4v) is 4.11. The van der Waals surface area contributed by atoms with E-state index in [4.69, 9.17) is 4.74 Å². The zero-order valence-corrected chi connectivity index (χ0v) is 14.9. The van der Waals surface area contributed by atoms with Crippen molar-refractivity contribution in [1.29, 1.82) is 0 Å². The largest absolute Gasteiger partial charge is 0.465 e. The summed E-state index contributed by atoms with van der Waals surface area (Å²) in [5, 5.41) is 0.632. The van der Waals surface area contributed by atoms with Gasteiger partial charge >= 0.3 is 5.97 Å². The van der Waals surface area contributed by atoms with Gasteiger partial charge < -0.3 is 9.64 Å². The van der Waals surface area contributed by atoms with E-state index in [1.54, 1.807) is 22.7 Å². The lowest BCUT2D eigenvalue weighted by atomic mass is 10.1. The molecule has 1 unspecified atom stereocenters. The van der Waals surface area contributed by atoms with Crippen LogP contribution in [-0.2, 0) is 9.53 Å². The summed E-state index contributed by atoms with van der Waals surface area (Å²) in [6, 6.07) is 11.6. The monoisotopic (exact) mass is 349 g/mol. The second-order valence-corrected chi connectivity index (χ2v) is 6.95. The maximum atomic E-state index is 12.1. The predicted octanol–water partition coefficient (Wildman–Crippen LogP) is 3.92. The van der Waals surface area contributed by atoms with Gasteiger partial charge in [0.1, 0.15) is 5.00 Å². The normalized spacial score (nSPS) is 11.8. The third kappa shape index (κ3) is 3.95. The molecular formula is C17H19NO3S2. The van der Waals surface area contributed by atoms with E-state index in [1.807, 2.05) is 43.5 Å². The van der Waals surface area contributed by atoms with E-state index in [-0.39, 0.29) is 6.04 Å². The number of esters is 1. The lowest BCUT2D eigenvalue weighted by Crippen LogP contribution is -2.33. The number of benzene rings is 1. The predicted molar refractivity (Wildman–Crippen MR) is 97.5 cm³/mol. The van der Waals surface area contributed by atoms with Gasteiger partial charge in [0, 0.05) is 16.7 Å². The van der Waals surface area contributed by atoms with Gasteiger partial charge in [-0.3, -0.25) is 4.79 Å². The van der Waals surface area contributed by atoms with Gasteiger partial charge in [0.25, 0.3) is 0 Å². The van der Waals surface area contributed by atoms with Crippen molar-refractivity contribution in [2.75, 3.05) is 24.0 Å². The molecule has 0 aliphatic heterocycles. The number of methoxy groups -OCH3 is 1. The first-order valence-electron chi connectivity index (χ1n) is 7.12. The Balaban J connectivity index is 2.50. The van der Waals surface area contributed by atoms with Crippen LogP contribution in [0.15, 0.2) is 36.4 Å². The fraction of sp³-hybridized carbons (Fsp3) is 0.294. The lowest BCUT2D eigenvalue weighted by Gasteiger charge is -2.23. The van der Waals surface area contributed by atoms with Gasteiger partial charge in [0.05, 0.1) is 12.7 Å². The van der Waals surface area contributed by atoms with Crippen molar-refractivity contribution >= 4 is 40.5 Å². The molecule has 2 rings (SSSR count). The van der Waals surface area contributed by atoms with Crippen LogP contribution < -0.4 is 4.90 Å². The molecule has 122 valence electrons. The number of thioether (sulfide) groups is 1. The van der Waals surface area contributed by atoms with Crippen molar-refractivity contribution in [2.45, 2.75) is 13.0 Å². The molecule has 0 aliphatic carbocycles. The summed E-state index contributed by atoms with van der Waals surface area (Å²) in [5.74, 6) is 0.361. The molecule has 0 saturated heterocycles. The third-order valence-electron chi connectivity index (χ3n) is 3.41. The molecule has 0 spiro atoms. The van der Waals surface area contributed by atoms with E-state index in [2.05, 4.69) is 0 Å². The molecule has 6 heteroatoms. The van der Waals surface area contributed by atoms with Crippen molar-refractivity contribution in [3.8, 4) is 10.4 Å². The molecule has 23 heavy (non-hydrogen) atoms. The topological polar surface area (TPSA) is 46.6 Å². The summed E-state index contributed by atoms with van der Waals surface area (Å²) in [6.45, 7) is 1.97. The van der Waals surface area contributed by atoms with Crippen molar-refractivity contribution < 1.29 is 14.3 Å². The average molecular weight is 349 g/mol. The molecule has 1 heterocycles. The molecule has 0 aliphatic rings. The standard InChI is InChI=1S/C17H19NO3S2/c1-12(10-22-3)18(11-19)16-14(17(20)21-2)9-15(23-16)13-7-5-4-6-8-13/h4-9,11-12H,10H2,1-3H3. The maximum Gasteiger partial charge on any atom is 0.340 e. The van der Waals surface area contributed by atoms with Gasteiger partial charge in [0.15, 0.2) is 0 Å². The highest BCUT2D eigenvalue weighted by Crippen LogP contribution is 2.38. The molecule has 0 fully saturated rings. The van der Waals surface area contributed by atoms with Crippen LogP contribution in [-0.4, -0.2) is 37.5 Å². The third-order valence-corrected chi connectivity index (χ3v) is 5.42. The highest BCUT2D eigenvalue weighted by atomic mass is 32.2. The number of thiophene rings is 1. The van der Waals surface area contributed by atoms with Crippen LogP contribution in [0.4, 0.5) is 5.00 Å². The minimum Gasteiger partial charge on any atom is -0.465 e. The van der Waals surface area contributed by atoms with Crippen LogP contribution in [0.1, 0.15) is 17.3 Å². The van der Waals surface area contributed by atoms with E-state index in [0.29, 0.717) is 10.6 Å². The van der Waals surface area contributed by atoms with Crippen LogP contribution >= 0.6 is 23.1 Å². The highest BCUT2D eigenvalue weighted by Gasteiger charge is 2.24. The Kier molecular flexibility index (Phi) is 6.24. The number of anilines is 1. The SMILES string of the molecule is COC(=O)c1cc(-c2ccccc2)sc1N(C=O)C(C)CSC. The Labute approximate surface area is 144 Å². The van der Waals surface area contributed by atoms with Gasteiger partial charge in [0.2, 0.25) is 6.41 Å². The molecule has 1 atom stereocenters. The van der Waals surface area contributed by atoms with Crippen LogP contribution in [0, 0.1) is 0 Å². The van der Waals surface area contributed by atoms with Crippen molar-refractivity contribution in [2.24, 2.45) is 0 Å². The molecule has 0 N–H and O–H groups in total. The van der Waals surface area contributed by atoms with E-state index < -0.39 is 5.97 Å². The quantitative estimate of drug-likeness (QED) is 0.561. The molecule has 0 bridgehead atoms. The van der Waals surface area contributed by atoms with Crippen LogP contribution in [0.2, 0.25) is 0 Å².